The number of aliphatic hydroxyl groups is 1. The van der Waals surface area contributed by atoms with Gasteiger partial charge in [0.2, 0.25) is 0 Å². The number of nitrogens with zero attached hydrogens (tertiary/aromatic N) is 1. The Morgan fingerprint density at radius 3 is 2.76 bits per heavy atom. The molecule has 1 saturated carbocycles. The molecule has 17 heavy (non-hydrogen) atoms. The molecule has 4 heteroatoms. The second-order valence-electron chi connectivity index (χ2n) is 4.55. The smallest absolute Gasteiger partial charge is 0.193 e. The van der Waals surface area contributed by atoms with Crippen molar-refractivity contribution in [3.63, 3.8) is 0 Å². The Labute approximate surface area is 102 Å². The van der Waals surface area contributed by atoms with Gasteiger partial charge in [0.25, 0.3) is 0 Å². The van der Waals surface area contributed by atoms with Crippen LogP contribution in [0.1, 0.15) is 19.3 Å². The molecule has 0 radical (unpaired) electrons. The van der Waals surface area contributed by atoms with Crippen molar-refractivity contribution in [2.45, 2.75) is 25.4 Å². The van der Waals surface area contributed by atoms with Gasteiger partial charge in [-0.3, -0.25) is 4.99 Å². The third-order valence-corrected chi connectivity index (χ3v) is 3.08. The fraction of sp³-hybridized carbons (Fsp3) is 0.462. The molecule has 2 rings (SSSR count). The summed E-state index contributed by atoms with van der Waals surface area (Å²) in [6, 6.07) is 9.74. The van der Waals surface area contributed by atoms with Gasteiger partial charge in [0.1, 0.15) is 0 Å². The molecule has 0 saturated heterocycles. The Bertz CT molecular complexity index is 378. The van der Waals surface area contributed by atoms with Crippen LogP contribution in [-0.2, 0) is 0 Å². The van der Waals surface area contributed by atoms with Gasteiger partial charge in [0, 0.05) is 12.2 Å². The fourth-order valence-electron chi connectivity index (χ4n) is 2.15. The molecule has 2 atom stereocenters. The van der Waals surface area contributed by atoms with Crippen LogP contribution in [-0.4, -0.2) is 23.7 Å². The lowest BCUT2D eigenvalue weighted by molar-refractivity contribution is 0.178. The van der Waals surface area contributed by atoms with Crippen molar-refractivity contribution in [2.75, 3.05) is 11.9 Å². The maximum absolute atomic E-state index is 9.40. The monoisotopic (exact) mass is 233 g/mol. The number of aliphatic hydroxyl groups excluding tert-OH is 1. The number of anilines is 1. The molecule has 1 aliphatic carbocycles. The maximum Gasteiger partial charge on any atom is 0.193 e. The van der Waals surface area contributed by atoms with Crippen molar-refractivity contribution < 1.29 is 5.11 Å². The Kier molecular flexibility index (Phi) is 3.98. The Balaban J connectivity index is 1.81. The van der Waals surface area contributed by atoms with Crippen LogP contribution in [0, 0.1) is 5.92 Å². The molecule has 1 aliphatic rings. The number of hydrogen-bond donors (Lipinski definition) is 3. The molecule has 0 heterocycles. The summed E-state index contributed by atoms with van der Waals surface area (Å²) in [5.74, 6) is 0.915. The van der Waals surface area contributed by atoms with Crippen LogP contribution in [0.25, 0.3) is 0 Å². The van der Waals surface area contributed by atoms with E-state index in [1.54, 1.807) is 0 Å². The van der Waals surface area contributed by atoms with Crippen LogP contribution in [0.5, 0.6) is 0 Å². The van der Waals surface area contributed by atoms with Crippen LogP contribution in [0.3, 0.4) is 0 Å². The van der Waals surface area contributed by atoms with E-state index in [2.05, 4.69) is 10.3 Å². The van der Waals surface area contributed by atoms with Crippen molar-refractivity contribution in [3.05, 3.63) is 30.3 Å². The quantitative estimate of drug-likeness (QED) is 0.548. The molecular weight excluding hydrogens is 214 g/mol. The Morgan fingerprint density at radius 2 is 2.12 bits per heavy atom. The first-order chi connectivity index (χ1) is 8.24. The van der Waals surface area contributed by atoms with Gasteiger partial charge in [-0.05, 0) is 37.3 Å². The standard InChI is InChI=1S/C13H19N3O/c14-13(16-11-4-2-1-3-5-11)15-9-10-6-7-12(17)8-10/h1-5,10,12,17H,6-9H2,(H3,14,15,16). The molecule has 4 nitrogen and oxygen atoms in total. The minimum atomic E-state index is -0.140. The van der Waals surface area contributed by atoms with Crippen LogP contribution >= 0.6 is 0 Å². The van der Waals surface area contributed by atoms with Gasteiger partial charge in [0.05, 0.1) is 6.10 Å². The number of nitrogens with two attached hydrogens (primary N) is 1. The van der Waals surface area contributed by atoms with Crippen molar-refractivity contribution in [3.8, 4) is 0 Å². The zero-order chi connectivity index (χ0) is 12.1. The summed E-state index contributed by atoms with van der Waals surface area (Å²) >= 11 is 0. The second-order valence-corrected chi connectivity index (χ2v) is 4.55. The van der Waals surface area contributed by atoms with E-state index in [1.165, 1.54) is 0 Å². The molecule has 0 bridgehead atoms. The predicted molar refractivity (Wildman–Crippen MR) is 69.9 cm³/mol. The third-order valence-electron chi connectivity index (χ3n) is 3.08. The zero-order valence-electron chi connectivity index (χ0n) is 9.84. The lowest BCUT2D eigenvalue weighted by Crippen LogP contribution is -2.23. The van der Waals surface area contributed by atoms with Gasteiger partial charge >= 0.3 is 0 Å². The average molecular weight is 233 g/mol. The van der Waals surface area contributed by atoms with E-state index in [1.807, 2.05) is 30.3 Å². The summed E-state index contributed by atoms with van der Waals surface area (Å²) in [6.45, 7) is 0.697. The zero-order valence-corrected chi connectivity index (χ0v) is 9.84. The fourth-order valence-corrected chi connectivity index (χ4v) is 2.15. The van der Waals surface area contributed by atoms with Gasteiger partial charge < -0.3 is 16.2 Å². The highest BCUT2D eigenvalue weighted by atomic mass is 16.3. The van der Waals surface area contributed by atoms with E-state index < -0.39 is 0 Å². The normalized spacial score (nSPS) is 24.9. The van der Waals surface area contributed by atoms with Gasteiger partial charge in [-0.15, -0.1) is 0 Å². The van der Waals surface area contributed by atoms with E-state index in [0.717, 1.165) is 24.9 Å². The number of hydrogen-bond acceptors (Lipinski definition) is 2. The number of rotatable bonds is 3. The van der Waals surface area contributed by atoms with Crippen molar-refractivity contribution in [1.29, 1.82) is 0 Å². The number of nitrogens with one attached hydrogen (secondary N) is 1. The van der Waals surface area contributed by atoms with Crippen molar-refractivity contribution in [2.24, 2.45) is 16.6 Å². The Morgan fingerprint density at radius 1 is 1.35 bits per heavy atom. The largest absolute Gasteiger partial charge is 0.393 e. The summed E-state index contributed by atoms with van der Waals surface area (Å²) in [5.41, 5.74) is 6.74. The predicted octanol–water partition coefficient (Wildman–Crippen LogP) is 1.57. The van der Waals surface area contributed by atoms with E-state index in [-0.39, 0.29) is 6.10 Å². The highest BCUT2D eigenvalue weighted by Crippen LogP contribution is 2.25. The van der Waals surface area contributed by atoms with E-state index in [9.17, 15) is 5.11 Å². The third kappa shape index (κ3) is 3.75. The van der Waals surface area contributed by atoms with E-state index in [0.29, 0.717) is 18.4 Å². The molecule has 0 amide bonds. The SMILES string of the molecule is NC(=NCC1CCC(O)C1)Nc1ccccc1. The lowest BCUT2D eigenvalue weighted by Gasteiger charge is -2.08. The summed E-state index contributed by atoms with van der Waals surface area (Å²) in [7, 11) is 0. The summed E-state index contributed by atoms with van der Waals surface area (Å²) in [6.07, 6.45) is 2.65. The molecular formula is C13H19N3O. The molecule has 0 aromatic heterocycles. The summed E-state index contributed by atoms with van der Waals surface area (Å²) in [4.78, 5) is 4.31. The number of para-hydroxylation sites is 1. The average Bonchev–Trinajstić information content (AvgIpc) is 2.74. The molecule has 1 aromatic carbocycles. The molecule has 92 valence electrons. The lowest BCUT2D eigenvalue weighted by atomic mass is 10.1. The first kappa shape index (κ1) is 11.9. The summed E-state index contributed by atoms with van der Waals surface area (Å²) in [5, 5.41) is 12.4. The van der Waals surface area contributed by atoms with Crippen molar-refractivity contribution in [1.82, 2.24) is 0 Å². The van der Waals surface area contributed by atoms with Crippen molar-refractivity contribution >= 4 is 11.6 Å². The number of benzene rings is 1. The molecule has 1 fully saturated rings. The number of aliphatic imine (C=N–C) groups is 1. The highest BCUT2D eigenvalue weighted by molar-refractivity contribution is 5.92. The van der Waals surface area contributed by atoms with E-state index in [4.69, 9.17) is 5.73 Å². The number of guanidine groups is 1. The van der Waals surface area contributed by atoms with E-state index >= 15 is 0 Å². The van der Waals surface area contributed by atoms with Crippen LogP contribution in [0.4, 0.5) is 5.69 Å². The molecule has 2 unspecified atom stereocenters. The highest BCUT2D eigenvalue weighted by Gasteiger charge is 2.22. The maximum atomic E-state index is 9.40. The van der Waals surface area contributed by atoms with Crippen LogP contribution in [0.15, 0.2) is 35.3 Å². The Hall–Kier alpha value is -1.55. The molecule has 0 spiro atoms. The molecule has 4 N–H and O–H groups in total. The van der Waals surface area contributed by atoms with Crippen LogP contribution < -0.4 is 11.1 Å². The van der Waals surface area contributed by atoms with Gasteiger partial charge in [-0.2, -0.15) is 0 Å². The summed E-state index contributed by atoms with van der Waals surface area (Å²) < 4.78 is 0. The van der Waals surface area contributed by atoms with Gasteiger partial charge in [0.15, 0.2) is 5.96 Å². The molecule has 1 aromatic rings. The van der Waals surface area contributed by atoms with Gasteiger partial charge in [-0.25, -0.2) is 0 Å². The first-order valence-electron chi connectivity index (χ1n) is 6.04. The second kappa shape index (κ2) is 5.68. The minimum absolute atomic E-state index is 0.140. The molecule has 0 aliphatic heterocycles. The minimum Gasteiger partial charge on any atom is -0.393 e. The first-order valence-corrected chi connectivity index (χ1v) is 6.04. The topological polar surface area (TPSA) is 70.6 Å². The van der Waals surface area contributed by atoms with Crippen LogP contribution in [0.2, 0.25) is 0 Å². The van der Waals surface area contributed by atoms with Gasteiger partial charge in [-0.1, -0.05) is 18.2 Å².